The molecule has 4 rings (SSSR count). The van der Waals surface area contributed by atoms with E-state index in [9.17, 15) is 9.59 Å². The van der Waals surface area contributed by atoms with Crippen LogP contribution in [0.3, 0.4) is 0 Å². The van der Waals surface area contributed by atoms with Crippen LogP contribution in [0.25, 0.3) is 0 Å². The van der Waals surface area contributed by atoms with Gasteiger partial charge in [0.2, 0.25) is 5.75 Å². The molecule has 0 spiro atoms. The fourth-order valence-corrected chi connectivity index (χ4v) is 5.83. The summed E-state index contributed by atoms with van der Waals surface area (Å²) in [5.74, 6) is -0.401. The van der Waals surface area contributed by atoms with E-state index in [1.165, 1.54) is 26.2 Å². The molecule has 0 saturated heterocycles. The lowest BCUT2D eigenvalue weighted by Gasteiger charge is -2.40. The zero-order valence-corrected chi connectivity index (χ0v) is 21.5. The molecule has 0 saturated carbocycles. The molecule has 2 aromatic rings. The van der Waals surface area contributed by atoms with E-state index in [1.807, 2.05) is 11.4 Å². The highest BCUT2D eigenvalue weighted by Gasteiger charge is 2.46. The van der Waals surface area contributed by atoms with Crippen LogP contribution in [-0.4, -0.2) is 39.2 Å². The van der Waals surface area contributed by atoms with Crippen molar-refractivity contribution in [1.82, 2.24) is 5.32 Å². The van der Waals surface area contributed by atoms with Crippen LogP contribution in [0.4, 0.5) is 0 Å². The summed E-state index contributed by atoms with van der Waals surface area (Å²) in [6.45, 7) is 7.78. The van der Waals surface area contributed by atoms with Gasteiger partial charge >= 0.3 is 5.97 Å². The third kappa shape index (κ3) is 4.67. The van der Waals surface area contributed by atoms with Crippen LogP contribution in [0.2, 0.25) is 0 Å². The first-order valence-electron chi connectivity index (χ1n) is 11.5. The molecule has 0 fully saturated rings. The van der Waals surface area contributed by atoms with Gasteiger partial charge in [-0.1, -0.05) is 12.6 Å². The monoisotopic (exact) mass is 497 g/mol. The summed E-state index contributed by atoms with van der Waals surface area (Å²) in [7, 11) is 4.61. The summed E-state index contributed by atoms with van der Waals surface area (Å²) in [5.41, 5.74) is 2.60. The Balaban J connectivity index is 1.88. The third-order valence-electron chi connectivity index (χ3n) is 6.44. The maximum Gasteiger partial charge on any atom is 0.316 e. The van der Waals surface area contributed by atoms with Gasteiger partial charge in [-0.15, -0.1) is 11.3 Å². The van der Waals surface area contributed by atoms with Gasteiger partial charge in [-0.25, -0.2) is 0 Å². The number of hydrogen-bond acceptors (Lipinski definition) is 8. The van der Waals surface area contributed by atoms with Crippen molar-refractivity contribution < 1.29 is 28.5 Å². The number of nitrogens with one attached hydrogen (secondary N) is 1. The molecular weight excluding hydrogens is 466 g/mol. The van der Waals surface area contributed by atoms with E-state index < -0.39 is 17.8 Å². The van der Waals surface area contributed by atoms with E-state index in [0.29, 0.717) is 46.9 Å². The first kappa shape index (κ1) is 24.9. The van der Waals surface area contributed by atoms with E-state index in [0.717, 1.165) is 5.70 Å². The van der Waals surface area contributed by atoms with Gasteiger partial charge in [0.25, 0.3) is 0 Å². The Morgan fingerprint density at radius 3 is 2.34 bits per heavy atom. The second kappa shape index (κ2) is 10.2. The Morgan fingerprint density at radius 1 is 1.11 bits per heavy atom. The number of ether oxygens (including phenoxy) is 4. The van der Waals surface area contributed by atoms with Gasteiger partial charge in [-0.2, -0.15) is 0 Å². The zero-order chi connectivity index (χ0) is 25.3. The van der Waals surface area contributed by atoms with Crippen LogP contribution < -0.4 is 19.5 Å². The summed E-state index contributed by atoms with van der Waals surface area (Å²) in [4.78, 5) is 28.2. The summed E-state index contributed by atoms with van der Waals surface area (Å²) in [6, 6.07) is 7.65. The van der Waals surface area contributed by atoms with Crippen molar-refractivity contribution in [3.8, 4) is 17.2 Å². The highest BCUT2D eigenvalue weighted by molar-refractivity contribution is 7.10. The number of allylic oxidation sites excluding steroid dienone is 2. The third-order valence-corrected chi connectivity index (χ3v) is 7.47. The fourth-order valence-electron chi connectivity index (χ4n) is 5.00. The van der Waals surface area contributed by atoms with Gasteiger partial charge in [0.1, 0.15) is 5.92 Å². The van der Waals surface area contributed by atoms with Crippen LogP contribution in [0.15, 0.2) is 53.2 Å². The number of ketones is 1. The van der Waals surface area contributed by atoms with Crippen molar-refractivity contribution in [1.29, 1.82) is 0 Å². The Hall–Kier alpha value is -3.26. The molecule has 3 unspecified atom stereocenters. The Kier molecular flexibility index (Phi) is 7.21. The number of carbonyl (C=O) groups is 2. The predicted octanol–water partition coefficient (Wildman–Crippen LogP) is 4.94. The molecule has 1 aromatic heterocycles. The van der Waals surface area contributed by atoms with E-state index >= 15 is 0 Å². The van der Waals surface area contributed by atoms with Crippen molar-refractivity contribution in [3.63, 3.8) is 0 Å². The van der Waals surface area contributed by atoms with E-state index in [-0.39, 0.29) is 17.8 Å². The molecule has 0 bridgehead atoms. The van der Waals surface area contributed by atoms with Crippen LogP contribution >= 0.6 is 11.3 Å². The molecule has 1 N–H and O–H groups in total. The standard InChI is InChI=1S/C27H31NO6S/c1-14(2)34-27(30)23-15(3)28-18-10-16(22-8-7-9-35-22)11-19(29)25(18)24(23)17-12-20(31-4)26(33-6)21(13-17)32-5/h7-9,12-14,16,23-24,28H,3,10-11H2,1-2,4-6H3. The maximum atomic E-state index is 13.7. The van der Waals surface area contributed by atoms with Crippen LogP contribution in [0.1, 0.15) is 49.0 Å². The topological polar surface area (TPSA) is 83.1 Å². The first-order valence-corrected chi connectivity index (χ1v) is 12.4. The van der Waals surface area contributed by atoms with Gasteiger partial charge in [0.15, 0.2) is 17.3 Å². The number of Topliss-reactive ketones (excluding diaryl/α,β-unsaturated/α-hetero) is 1. The van der Waals surface area contributed by atoms with Gasteiger partial charge in [0.05, 0.1) is 27.4 Å². The molecule has 1 aliphatic carbocycles. The maximum absolute atomic E-state index is 13.7. The minimum Gasteiger partial charge on any atom is -0.493 e. The van der Waals surface area contributed by atoms with E-state index in [1.54, 1.807) is 37.3 Å². The van der Waals surface area contributed by atoms with Crippen LogP contribution in [0, 0.1) is 5.92 Å². The molecule has 2 aliphatic rings. The average Bonchev–Trinajstić information content (AvgIpc) is 3.36. The summed E-state index contributed by atoms with van der Waals surface area (Å²) in [6.07, 6.45) is 0.727. The largest absolute Gasteiger partial charge is 0.493 e. The number of benzene rings is 1. The molecule has 8 heteroatoms. The molecule has 35 heavy (non-hydrogen) atoms. The van der Waals surface area contributed by atoms with Crippen molar-refractivity contribution in [2.75, 3.05) is 21.3 Å². The van der Waals surface area contributed by atoms with Gasteiger partial charge in [0, 0.05) is 40.1 Å². The second-order valence-electron chi connectivity index (χ2n) is 8.99. The van der Waals surface area contributed by atoms with Crippen LogP contribution in [0.5, 0.6) is 17.2 Å². The fraction of sp³-hybridized carbons (Fsp3) is 0.407. The number of rotatable bonds is 7. The van der Waals surface area contributed by atoms with Crippen molar-refractivity contribution >= 4 is 23.1 Å². The molecule has 1 aliphatic heterocycles. The number of methoxy groups -OCH3 is 3. The highest BCUT2D eigenvalue weighted by Crippen LogP contribution is 2.50. The molecular formula is C27H31NO6S. The van der Waals surface area contributed by atoms with E-state index in [4.69, 9.17) is 18.9 Å². The predicted molar refractivity (Wildman–Crippen MR) is 134 cm³/mol. The molecule has 7 nitrogen and oxygen atoms in total. The van der Waals surface area contributed by atoms with Gasteiger partial charge in [-0.05, 0) is 49.4 Å². The molecule has 3 atom stereocenters. The minimum absolute atomic E-state index is 0.00532. The highest BCUT2D eigenvalue weighted by atomic mass is 32.1. The van der Waals surface area contributed by atoms with E-state index in [2.05, 4.69) is 18.0 Å². The van der Waals surface area contributed by atoms with Crippen LogP contribution in [-0.2, 0) is 14.3 Å². The molecule has 0 amide bonds. The summed E-state index contributed by atoms with van der Waals surface area (Å²) >= 11 is 1.65. The molecule has 2 heterocycles. The van der Waals surface area contributed by atoms with Crippen molar-refractivity contribution in [2.24, 2.45) is 5.92 Å². The normalized spacial score (nSPS) is 21.9. The SMILES string of the molecule is C=C1NC2=C(C(=O)CC(c3cccs3)C2)C(c2cc(OC)c(OC)c(OC)c2)C1C(=O)OC(C)C. The smallest absolute Gasteiger partial charge is 0.316 e. The number of carbonyl (C=O) groups excluding carboxylic acids is 2. The van der Waals surface area contributed by atoms with Gasteiger partial charge in [-0.3, -0.25) is 9.59 Å². The number of esters is 1. The number of hydrogen-bond donors (Lipinski definition) is 1. The Morgan fingerprint density at radius 2 is 1.80 bits per heavy atom. The molecule has 186 valence electrons. The average molecular weight is 498 g/mol. The minimum atomic E-state index is -0.791. The zero-order valence-electron chi connectivity index (χ0n) is 20.7. The lowest BCUT2D eigenvalue weighted by Crippen LogP contribution is -2.42. The van der Waals surface area contributed by atoms with Gasteiger partial charge < -0.3 is 24.3 Å². The summed E-state index contributed by atoms with van der Waals surface area (Å²) in [5, 5.41) is 5.33. The number of thiophene rings is 1. The Bertz CT molecular complexity index is 1140. The van der Waals surface area contributed by atoms with Crippen molar-refractivity contribution in [3.05, 3.63) is 63.6 Å². The molecule has 1 aromatic carbocycles. The lowest BCUT2D eigenvalue weighted by molar-refractivity contribution is -0.151. The van der Waals surface area contributed by atoms with Crippen molar-refractivity contribution in [2.45, 2.75) is 44.6 Å². The summed E-state index contributed by atoms with van der Waals surface area (Å²) < 4.78 is 22.2. The second-order valence-corrected chi connectivity index (χ2v) is 9.97. The molecule has 0 radical (unpaired) electrons. The Labute approximate surface area is 209 Å². The lowest BCUT2D eigenvalue weighted by atomic mass is 9.69. The quantitative estimate of drug-likeness (QED) is 0.543. The first-order chi connectivity index (χ1) is 16.8.